The molecule has 35 heavy (non-hydrogen) atoms. The molecule has 4 atom stereocenters. The van der Waals surface area contributed by atoms with Crippen LogP contribution in [0.25, 0.3) is 5.57 Å². The SMILES string of the molecule is CCC1COCCC1N[C@@H]1CCC(C(=O)N2CC=C(c3cccc(C(F)(F)F)c3)CC2)(C(C)C)C1. The maximum atomic E-state index is 13.9. The number of amides is 1. The smallest absolute Gasteiger partial charge is 0.381 e. The number of carbonyl (C=O) groups excluding carboxylic acids is 1. The topological polar surface area (TPSA) is 41.6 Å². The predicted octanol–water partition coefficient (Wildman–Crippen LogP) is 5.92. The number of nitrogens with zero attached hydrogens (tertiary/aromatic N) is 1. The van der Waals surface area contributed by atoms with Gasteiger partial charge in [0.05, 0.1) is 17.6 Å². The summed E-state index contributed by atoms with van der Waals surface area (Å²) in [5.41, 5.74) is 0.464. The number of rotatable bonds is 6. The Hall–Kier alpha value is -1.86. The highest BCUT2D eigenvalue weighted by Gasteiger charge is 2.49. The van der Waals surface area contributed by atoms with Gasteiger partial charge in [0.1, 0.15) is 0 Å². The standard InChI is InChI=1S/C28H39F3N2O2/c1-4-20-18-35-15-11-25(20)32-24-8-12-27(17-24,19(2)3)26(34)33-13-9-21(10-14-33)22-6-5-7-23(16-22)28(29,30)31/h5-7,9,16,19-20,24-25,32H,4,8,10-15,17-18H2,1-3H3/t20?,24-,25?,27?/m1/s1. The van der Waals surface area contributed by atoms with E-state index in [1.807, 2.05) is 11.0 Å². The van der Waals surface area contributed by atoms with Gasteiger partial charge < -0.3 is 15.0 Å². The zero-order valence-electron chi connectivity index (χ0n) is 21.2. The molecule has 1 aromatic carbocycles. The zero-order chi connectivity index (χ0) is 25.2. The fourth-order valence-corrected chi connectivity index (χ4v) is 6.23. The van der Waals surface area contributed by atoms with Crippen LogP contribution in [-0.2, 0) is 15.7 Å². The summed E-state index contributed by atoms with van der Waals surface area (Å²) in [5.74, 6) is 0.956. The van der Waals surface area contributed by atoms with Crippen molar-refractivity contribution >= 4 is 11.5 Å². The van der Waals surface area contributed by atoms with Crippen LogP contribution in [0.2, 0.25) is 0 Å². The minimum Gasteiger partial charge on any atom is -0.381 e. The molecule has 3 aliphatic rings. The zero-order valence-corrected chi connectivity index (χ0v) is 21.2. The Labute approximate surface area is 207 Å². The lowest BCUT2D eigenvalue weighted by Gasteiger charge is -2.39. The van der Waals surface area contributed by atoms with Gasteiger partial charge in [-0.05, 0) is 73.6 Å². The van der Waals surface area contributed by atoms with E-state index < -0.39 is 11.7 Å². The maximum Gasteiger partial charge on any atom is 0.416 e. The van der Waals surface area contributed by atoms with Gasteiger partial charge in [-0.1, -0.05) is 39.0 Å². The first-order valence-corrected chi connectivity index (χ1v) is 13.1. The summed E-state index contributed by atoms with van der Waals surface area (Å²) in [5, 5.41) is 3.88. The van der Waals surface area contributed by atoms with E-state index in [1.54, 1.807) is 6.07 Å². The second kappa shape index (κ2) is 10.6. The van der Waals surface area contributed by atoms with Crippen molar-refractivity contribution in [3.63, 3.8) is 0 Å². The van der Waals surface area contributed by atoms with E-state index in [-0.39, 0.29) is 17.2 Å². The predicted molar refractivity (Wildman–Crippen MR) is 132 cm³/mol. The Morgan fingerprint density at radius 2 is 2.09 bits per heavy atom. The molecular formula is C28H39F3N2O2. The van der Waals surface area contributed by atoms with Crippen molar-refractivity contribution < 1.29 is 22.7 Å². The third kappa shape index (κ3) is 5.61. The monoisotopic (exact) mass is 492 g/mol. The van der Waals surface area contributed by atoms with Crippen LogP contribution in [0.3, 0.4) is 0 Å². The summed E-state index contributed by atoms with van der Waals surface area (Å²) in [4.78, 5) is 15.8. The van der Waals surface area contributed by atoms with Crippen LogP contribution in [-0.4, -0.2) is 49.2 Å². The first-order valence-electron chi connectivity index (χ1n) is 13.1. The summed E-state index contributed by atoms with van der Waals surface area (Å²) in [6, 6.07) is 6.28. The van der Waals surface area contributed by atoms with Gasteiger partial charge in [-0.2, -0.15) is 13.2 Å². The molecule has 4 nitrogen and oxygen atoms in total. The third-order valence-electron chi connectivity index (χ3n) is 8.59. The second-order valence-electron chi connectivity index (χ2n) is 10.9. The van der Waals surface area contributed by atoms with Crippen LogP contribution in [0, 0.1) is 17.3 Å². The molecule has 2 aliphatic heterocycles. The Kier molecular flexibility index (Phi) is 7.96. The number of halogens is 3. The van der Waals surface area contributed by atoms with E-state index in [2.05, 4.69) is 26.1 Å². The number of benzene rings is 1. The van der Waals surface area contributed by atoms with Gasteiger partial charge in [0.15, 0.2) is 0 Å². The molecule has 0 aromatic heterocycles. The van der Waals surface area contributed by atoms with Crippen molar-refractivity contribution in [3.05, 3.63) is 41.5 Å². The number of alkyl halides is 3. The molecule has 0 radical (unpaired) electrons. The molecule has 1 aromatic rings. The molecule has 1 aliphatic carbocycles. The van der Waals surface area contributed by atoms with E-state index in [1.165, 1.54) is 12.1 Å². The average Bonchev–Trinajstić information content (AvgIpc) is 3.29. The molecule has 3 unspecified atom stereocenters. The molecular weight excluding hydrogens is 453 g/mol. The van der Waals surface area contributed by atoms with Crippen molar-refractivity contribution in [2.75, 3.05) is 26.3 Å². The highest BCUT2D eigenvalue weighted by molar-refractivity contribution is 5.84. The van der Waals surface area contributed by atoms with E-state index >= 15 is 0 Å². The Morgan fingerprint density at radius 3 is 2.74 bits per heavy atom. The lowest BCUT2D eigenvalue weighted by Crippen LogP contribution is -2.49. The Bertz CT molecular complexity index is 929. The normalized spacial score (nSPS) is 30.0. The number of hydrogen-bond donors (Lipinski definition) is 1. The Morgan fingerprint density at radius 1 is 1.29 bits per heavy atom. The summed E-state index contributed by atoms with van der Waals surface area (Å²) in [6.07, 6.45) is 2.98. The second-order valence-corrected chi connectivity index (χ2v) is 10.9. The lowest BCUT2D eigenvalue weighted by molar-refractivity contribution is -0.144. The molecule has 1 N–H and O–H groups in total. The van der Waals surface area contributed by atoms with Crippen LogP contribution in [0.5, 0.6) is 0 Å². The molecule has 1 amide bonds. The number of nitrogens with one attached hydrogen (secondary N) is 1. The lowest BCUT2D eigenvalue weighted by atomic mass is 9.74. The largest absolute Gasteiger partial charge is 0.416 e. The van der Waals surface area contributed by atoms with Crippen molar-refractivity contribution in [3.8, 4) is 0 Å². The van der Waals surface area contributed by atoms with E-state index in [0.717, 1.165) is 57.0 Å². The average molecular weight is 493 g/mol. The van der Waals surface area contributed by atoms with Crippen molar-refractivity contribution in [2.45, 2.75) is 77.6 Å². The molecule has 7 heteroatoms. The third-order valence-corrected chi connectivity index (χ3v) is 8.59. The van der Waals surface area contributed by atoms with Gasteiger partial charge in [-0.15, -0.1) is 0 Å². The van der Waals surface area contributed by atoms with E-state index in [0.29, 0.717) is 43.1 Å². The van der Waals surface area contributed by atoms with Gasteiger partial charge in [0.2, 0.25) is 5.91 Å². The van der Waals surface area contributed by atoms with Crippen LogP contribution in [0.1, 0.15) is 70.4 Å². The summed E-state index contributed by atoms with van der Waals surface area (Å²) >= 11 is 0. The summed E-state index contributed by atoms with van der Waals surface area (Å²) in [6.45, 7) is 9.12. The van der Waals surface area contributed by atoms with Crippen molar-refractivity contribution in [2.24, 2.45) is 17.3 Å². The number of carbonyl (C=O) groups is 1. The highest BCUT2D eigenvalue weighted by atomic mass is 19.4. The first-order chi connectivity index (χ1) is 16.6. The quantitative estimate of drug-likeness (QED) is 0.536. The molecule has 0 bridgehead atoms. The fraction of sp³-hybridized carbons (Fsp3) is 0.679. The first kappa shape index (κ1) is 26.2. The van der Waals surface area contributed by atoms with Crippen molar-refractivity contribution in [1.82, 2.24) is 10.2 Å². The highest BCUT2D eigenvalue weighted by Crippen LogP contribution is 2.47. The van der Waals surface area contributed by atoms with Crippen LogP contribution in [0.4, 0.5) is 13.2 Å². The van der Waals surface area contributed by atoms with Crippen molar-refractivity contribution in [1.29, 1.82) is 0 Å². The molecule has 0 spiro atoms. The molecule has 194 valence electrons. The molecule has 1 saturated heterocycles. The fourth-order valence-electron chi connectivity index (χ4n) is 6.23. The van der Waals surface area contributed by atoms with E-state index in [9.17, 15) is 18.0 Å². The Balaban J connectivity index is 1.43. The van der Waals surface area contributed by atoms with Gasteiger partial charge in [-0.3, -0.25) is 4.79 Å². The minimum absolute atomic E-state index is 0.204. The maximum absolute atomic E-state index is 13.9. The van der Waals surface area contributed by atoms with Crippen LogP contribution < -0.4 is 5.32 Å². The van der Waals surface area contributed by atoms with Gasteiger partial charge in [0, 0.05) is 31.8 Å². The van der Waals surface area contributed by atoms with Crippen LogP contribution in [0.15, 0.2) is 30.3 Å². The number of hydrogen-bond acceptors (Lipinski definition) is 3. The van der Waals surface area contributed by atoms with Gasteiger partial charge >= 0.3 is 6.18 Å². The minimum atomic E-state index is -4.36. The molecule has 4 rings (SSSR count). The van der Waals surface area contributed by atoms with Gasteiger partial charge in [-0.25, -0.2) is 0 Å². The number of ether oxygens (including phenoxy) is 1. The van der Waals surface area contributed by atoms with E-state index in [4.69, 9.17) is 4.74 Å². The van der Waals surface area contributed by atoms with Crippen LogP contribution >= 0.6 is 0 Å². The summed E-state index contributed by atoms with van der Waals surface area (Å²) in [7, 11) is 0. The van der Waals surface area contributed by atoms with Gasteiger partial charge in [0.25, 0.3) is 0 Å². The molecule has 1 saturated carbocycles. The molecule has 2 heterocycles. The molecule has 2 fully saturated rings. The summed E-state index contributed by atoms with van der Waals surface area (Å²) < 4.78 is 45.1.